The molecule has 1 amide bonds. The number of rotatable bonds is 6. The van der Waals surface area contributed by atoms with Crippen molar-refractivity contribution in [2.75, 3.05) is 20.2 Å². The van der Waals surface area contributed by atoms with Crippen LogP contribution in [0.2, 0.25) is 0 Å². The van der Waals surface area contributed by atoms with Crippen LogP contribution in [-0.2, 0) is 11.3 Å². The number of ether oxygens (including phenoxy) is 1. The Morgan fingerprint density at radius 2 is 2.29 bits per heavy atom. The molecule has 3 rings (SSSR count). The smallest absolute Gasteiger partial charge is 0.234 e. The molecule has 1 aliphatic heterocycles. The number of para-hydroxylation sites is 1. The normalized spacial score (nSPS) is 17.8. The Kier molecular flexibility index (Phi) is 5.10. The average Bonchev–Trinajstić information content (AvgIpc) is 3.21. The predicted octanol–water partition coefficient (Wildman–Crippen LogP) is 1.58. The summed E-state index contributed by atoms with van der Waals surface area (Å²) in [6.45, 7) is 3.59. The van der Waals surface area contributed by atoms with Gasteiger partial charge in [0.05, 0.1) is 19.7 Å². The average molecular weight is 329 g/mol. The predicted molar refractivity (Wildman–Crippen MR) is 89.5 cm³/mol. The Hall–Kier alpha value is -2.41. The Morgan fingerprint density at radius 3 is 3.04 bits per heavy atom. The maximum atomic E-state index is 12.3. The molecule has 128 valence electrons. The number of hydrogen-bond acceptors (Lipinski definition) is 5. The number of amides is 1. The highest BCUT2D eigenvalue weighted by molar-refractivity contribution is 5.78. The van der Waals surface area contributed by atoms with E-state index >= 15 is 0 Å². The number of hydrogen-bond donors (Lipinski definition) is 2. The zero-order valence-electron chi connectivity index (χ0n) is 14.1. The van der Waals surface area contributed by atoms with Crippen LogP contribution in [0.4, 0.5) is 0 Å². The summed E-state index contributed by atoms with van der Waals surface area (Å²) < 4.78 is 5.31. The van der Waals surface area contributed by atoms with E-state index in [-0.39, 0.29) is 11.9 Å². The van der Waals surface area contributed by atoms with Crippen molar-refractivity contribution >= 4 is 5.91 Å². The van der Waals surface area contributed by atoms with E-state index in [1.807, 2.05) is 31.2 Å². The quantitative estimate of drug-likeness (QED) is 0.840. The molecule has 2 aromatic rings. The van der Waals surface area contributed by atoms with Crippen LogP contribution in [0, 0.1) is 6.92 Å². The van der Waals surface area contributed by atoms with E-state index in [4.69, 9.17) is 4.74 Å². The molecule has 7 heteroatoms. The first kappa shape index (κ1) is 16.4. The van der Waals surface area contributed by atoms with Crippen LogP contribution in [0.15, 0.2) is 24.3 Å². The second-order valence-corrected chi connectivity index (χ2v) is 6.00. The summed E-state index contributed by atoms with van der Waals surface area (Å²) in [5, 5.41) is 10.1. The minimum atomic E-state index is 0.0000591. The van der Waals surface area contributed by atoms with Gasteiger partial charge in [0.2, 0.25) is 5.91 Å². The van der Waals surface area contributed by atoms with Gasteiger partial charge in [0.1, 0.15) is 11.6 Å². The van der Waals surface area contributed by atoms with Crippen LogP contribution in [0.5, 0.6) is 5.75 Å². The molecule has 1 atom stereocenters. The zero-order valence-corrected chi connectivity index (χ0v) is 14.1. The number of H-pyrrole nitrogens is 1. The third kappa shape index (κ3) is 3.73. The molecule has 2 heterocycles. The van der Waals surface area contributed by atoms with E-state index < -0.39 is 0 Å². The van der Waals surface area contributed by atoms with Gasteiger partial charge in [0, 0.05) is 12.1 Å². The second kappa shape index (κ2) is 7.44. The Morgan fingerprint density at radius 1 is 1.46 bits per heavy atom. The summed E-state index contributed by atoms with van der Waals surface area (Å²) in [4.78, 5) is 18.9. The van der Waals surface area contributed by atoms with E-state index in [9.17, 15) is 4.79 Å². The van der Waals surface area contributed by atoms with E-state index in [1.165, 1.54) is 0 Å². The number of nitrogens with zero attached hydrogens (tertiary/aromatic N) is 3. The lowest BCUT2D eigenvalue weighted by Gasteiger charge is -2.21. The van der Waals surface area contributed by atoms with Gasteiger partial charge in [-0.15, -0.1) is 0 Å². The number of aryl methyl sites for hydroxylation is 1. The van der Waals surface area contributed by atoms with E-state index in [2.05, 4.69) is 25.4 Å². The van der Waals surface area contributed by atoms with Crippen molar-refractivity contribution < 1.29 is 9.53 Å². The third-order valence-corrected chi connectivity index (χ3v) is 4.29. The van der Waals surface area contributed by atoms with Gasteiger partial charge in [-0.05, 0) is 32.4 Å². The van der Waals surface area contributed by atoms with Crippen molar-refractivity contribution in [3.8, 4) is 5.75 Å². The molecular weight excluding hydrogens is 306 g/mol. The van der Waals surface area contributed by atoms with E-state index in [1.54, 1.807) is 7.11 Å². The minimum absolute atomic E-state index is 0.0000591. The van der Waals surface area contributed by atoms with E-state index in [0.717, 1.165) is 42.3 Å². The Balaban J connectivity index is 1.56. The molecule has 0 bridgehead atoms. The molecule has 0 saturated carbocycles. The van der Waals surface area contributed by atoms with Crippen LogP contribution in [0.3, 0.4) is 0 Å². The molecule has 24 heavy (non-hydrogen) atoms. The highest BCUT2D eigenvalue weighted by Crippen LogP contribution is 2.29. The molecule has 0 aliphatic carbocycles. The van der Waals surface area contributed by atoms with Gasteiger partial charge in [-0.3, -0.25) is 14.8 Å². The number of carbonyl (C=O) groups is 1. The Labute approximate surface area is 141 Å². The number of benzene rings is 1. The van der Waals surface area contributed by atoms with Gasteiger partial charge < -0.3 is 10.1 Å². The van der Waals surface area contributed by atoms with Gasteiger partial charge in [0.15, 0.2) is 5.82 Å². The van der Waals surface area contributed by atoms with Gasteiger partial charge in [0.25, 0.3) is 0 Å². The molecule has 2 N–H and O–H groups in total. The molecule has 1 saturated heterocycles. The number of aromatic amines is 1. The van der Waals surface area contributed by atoms with Crippen molar-refractivity contribution in [2.45, 2.75) is 32.4 Å². The fourth-order valence-electron chi connectivity index (χ4n) is 3.10. The highest BCUT2D eigenvalue weighted by atomic mass is 16.5. The lowest BCUT2D eigenvalue weighted by molar-refractivity contribution is -0.122. The van der Waals surface area contributed by atoms with Gasteiger partial charge in [-0.2, -0.15) is 5.10 Å². The van der Waals surface area contributed by atoms with Crippen LogP contribution >= 0.6 is 0 Å². The van der Waals surface area contributed by atoms with Gasteiger partial charge in [-0.25, -0.2) is 4.98 Å². The summed E-state index contributed by atoms with van der Waals surface area (Å²) in [7, 11) is 1.63. The second-order valence-electron chi connectivity index (χ2n) is 6.00. The molecule has 0 unspecified atom stereocenters. The first-order chi connectivity index (χ1) is 11.7. The van der Waals surface area contributed by atoms with E-state index in [0.29, 0.717) is 13.1 Å². The van der Waals surface area contributed by atoms with Crippen LogP contribution in [0.1, 0.15) is 36.1 Å². The molecule has 0 spiro atoms. The molecule has 7 nitrogen and oxygen atoms in total. The largest absolute Gasteiger partial charge is 0.496 e. The Bertz CT molecular complexity index is 700. The lowest BCUT2D eigenvalue weighted by Crippen LogP contribution is -2.37. The van der Waals surface area contributed by atoms with Crippen molar-refractivity contribution in [1.29, 1.82) is 0 Å². The van der Waals surface area contributed by atoms with Crippen LogP contribution in [0.25, 0.3) is 0 Å². The maximum Gasteiger partial charge on any atom is 0.234 e. The summed E-state index contributed by atoms with van der Waals surface area (Å²) in [5.41, 5.74) is 0.968. The topological polar surface area (TPSA) is 83.1 Å². The molecule has 1 aliphatic rings. The monoisotopic (exact) mass is 329 g/mol. The standard InChI is InChI=1S/C17H23N5O2/c1-12-19-17(21-20-12)14-7-5-9-22(14)11-16(23)18-10-13-6-3-4-8-15(13)24-2/h3-4,6,8,14H,5,7,9-11H2,1-2H3,(H,18,23)(H,19,20,21)/t14-/m0/s1. The number of methoxy groups -OCH3 is 1. The number of nitrogens with one attached hydrogen (secondary N) is 2. The fourth-order valence-corrected chi connectivity index (χ4v) is 3.10. The third-order valence-electron chi connectivity index (χ3n) is 4.29. The highest BCUT2D eigenvalue weighted by Gasteiger charge is 2.30. The first-order valence-electron chi connectivity index (χ1n) is 8.19. The van der Waals surface area contributed by atoms with Crippen molar-refractivity contribution in [3.05, 3.63) is 41.5 Å². The summed E-state index contributed by atoms with van der Waals surface area (Å²) in [6.07, 6.45) is 2.04. The van der Waals surface area contributed by atoms with Crippen LogP contribution < -0.4 is 10.1 Å². The van der Waals surface area contributed by atoms with Gasteiger partial charge in [-0.1, -0.05) is 18.2 Å². The summed E-state index contributed by atoms with van der Waals surface area (Å²) >= 11 is 0. The number of aromatic nitrogens is 3. The number of carbonyl (C=O) groups excluding carboxylic acids is 1. The molecule has 1 fully saturated rings. The molecule has 0 radical (unpaired) electrons. The lowest BCUT2D eigenvalue weighted by atomic mass is 10.2. The minimum Gasteiger partial charge on any atom is -0.496 e. The van der Waals surface area contributed by atoms with Gasteiger partial charge >= 0.3 is 0 Å². The molecule has 1 aromatic carbocycles. The SMILES string of the molecule is COc1ccccc1CNC(=O)CN1CCC[C@H]1c1n[nH]c(C)n1. The fraction of sp³-hybridized carbons (Fsp3) is 0.471. The maximum absolute atomic E-state index is 12.3. The number of likely N-dealkylation sites (tertiary alicyclic amines) is 1. The first-order valence-corrected chi connectivity index (χ1v) is 8.19. The van der Waals surface area contributed by atoms with Crippen LogP contribution in [-0.4, -0.2) is 46.2 Å². The van der Waals surface area contributed by atoms with Crippen molar-refractivity contribution in [3.63, 3.8) is 0 Å². The van der Waals surface area contributed by atoms with Crippen molar-refractivity contribution in [1.82, 2.24) is 25.4 Å². The summed E-state index contributed by atoms with van der Waals surface area (Å²) in [5.74, 6) is 2.37. The van der Waals surface area contributed by atoms with Crippen molar-refractivity contribution in [2.24, 2.45) is 0 Å². The molecule has 1 aromatic heterocycles. The summed E-state index contributed by atoms with van der Waals surface area (Å²) in [6, 6.07) is 7.81. The molecular formula is C17H23N5O2. The zero-order chi connectivity index (χ0) is 16.9.